The molecule has 0 saturated carbocycles. The van der Waals surface area contributed by atoms with E-state index in [2.05, 4.69) is 5.32 Å². The van der Waals surface area contributed by atoms with Crippen LogP contribution in [0.3, 0.4) is 0 Å². The van der Waals surface area contributed by atoms with E-state index < -0.39 is 24.0 Å². The first-order chi connectivity index (χ1) is 9.71. The summed E-state index contributed by atoms with van der Waals surface area (Å²) in [6.07, 6.45) is 0. The van der Waals surface area contributed by atoms with Crippen LogP contribution in [0.2, 0.25) is 0 Å². The van der Waals surface area contributed by atoms with Gasteiger partial charge in [-0.1, -0.05) is 18.2 Å². The number of nitrogens with one attached hydrogen (secondary N) is 1. The van der Waals surface area contributed by atoms with Gasteiger partial charge < -0.3 is 15.3 Å². The number of carboxylic acids is 1. The van der Waals surface area contributed by atoms with Gasteiger partial charge in [0.2, 0.25) is 5.91 Å². The fourth-order valence-corrected chi connectivity index (χ4v) is 1.78. The maximum Gasteiger partial charge on any atom is 0.323 e. The van der Waals surface area contributed by atoms with Crippen molar-refractivity contribution in [3.05, 3.63) is 35.9 Å². The van der Waals surface area contributed by atoms with Crippen molar-refractivity contribution >= 4 is 17.8 Å². The van der Waals surface area contributed by atoms with Crippen LogP contribution in [-0.2, 0) is 9.59 Å². The molecule has 1 aromatic carbocycles. The maximum atomic E-state index is 12.1. The molecular weight excluding hydrogens is 272 g/mol. The third-order valence-electron chi connectivity index (χ3n) is 2.84. The molecule has 2 N–H and O–H groups in total. The van der Waals surface area contributed by atoms with Gasteiger partial charge in [0.1, 0.15) is 6.54 Å². The summed E-state index contributed by atoms with van der Waals surface area (Å²) in [4.78, 5) is 36.0. The Kier molecular flexibility index (Phi) is 5.46. The van der Waals surface area contributed by atoms with Crippen LogP contribution in [0.5, 0.6) is 0 Å². The zero-order chi connectivity index (χ0) is 16.0. The Morgan fingerprint density at radius 3 is 2.19 bits per heavy atom. The zero-order valence-electron chi connectivity index (χ0n) is 12.4. The molecule has 0 bridgehead atoms. The minimum Gasteiger partial charge on any atom is -0.480 e. The lowest BCUT2D eigenvalue weighted by atomic mass is 10.1. The van der Waals surface area contributed by atoms with E-state index in [1.54, 1.807) is 51.1 Å². The summed E-state index contributed by atoms with van der Waals surface area (Å²) in [6.45, 7) is 4.59. The standard InChI is InChI=1S/C15H20N2O4/c1-15(2,3)17(10-13(19)20)12(18)9-16-14(21)11-7-5-4-6-8-11/h4-8H,9-10H2,1-3H3,(H,16,21)(H,19,20). The van der Waals surface area contributed by atoms with Crippen molar-refractivity contribution in [2.45, 2.75) is 26.3 Å². The molecule has 1 aromatic rings. The largest absolute Gasteiger partial charge is 0.480 e. The Morgan fingerprint density at radius 2 is 1.71 bits per heavy atom. The lowest BCUT2D eigenvalue weighted by Gasteiger charge is -2.34. The fraction of sp³-hybridized carbons (Fsp3) is 0.400. The number of aliphatic carboxylic acids is 1. The van der Waals surface area contributed by atoms with E-state index in [1.807, 2.05) is 0 Å². The van der Waals surface area contributed by atoms with Crippen LogP contribution in [0.1, 0.15) is 31.1 Å². The van der Waals surface area contributed by atoms with Crippen LogP contribution in [0.15, 0.2) is 30.3 Å². The van der Waals surface area contributed by atoms with Crippen LogP contribution in [-0.4, -0.2) is 46.4 Å². The molecule has 0 unspecified atom stereocenters. The van der Waals surface area contributed by atoms with Crippen molar-refractivity contribution in [2.75, 3.05) is 13.1 Å². The number of hydrogen-bond donors (Lipinski definition) is 2. The number of hydrogen-bond acceptors (Lipinski definition) is 3. The van der Waals surface area contributed by atoms with Gasteiger partial charge in [-0.2, -0.15) is 0 Å². The number of carbonyl (C=O) groups is 3. The Balaban J connectivity index is 2.66. The Bertz CT molecular complexity index is 520. The molecule has 114 valence electrons. The van der Waals surface area contributed by atoms with Gasteiger partial charge in [-0.05, 0) is 32.9 Å². The highest BCUT2D eigenvalue weighted by atomic mass is 16.4. The smallest absolute Gasteiger partial charge is 0.323 e. The summed E-state index contributed by atoms with van der Waals surface area (Å²) >= 11 is 0. The van der Waals surface area contributed by atoms with Crippen LogP contribution in [0.4, 0.5) is 0 Å². The summed E-state index contributed by atoms with van der Waals surface area (Å²) in [7, 11) is 0. The highest BCUT2D eigenvalue weighted by Crippen LogP contribution is 2.12. The summed E-state index contributed by atoms with van der Waals surface area (Å²) in [6, 6.07) is 8.51. The van der Waals surface area contributed by atoms with Gasteiger partial charge in [-0.3, -0.25) is 14.4 Å². The average Bonchev–Trinajstić information content (AvgIpc) is 2.41. The molecule has 21 heavy (non-hydrogen) atoms. The highest BCUT2D eigenvalue weighted by molar-refractivity contribution is 5.96. The summed E-state index contributed by atoms with van der Waals surface area (Å²) in [5.74, 6) is -1.89. The Morgan fingerprint density at radius 1 is 1.14 bits per heavy atom. The third-order valence-corrected chi connectivity index (χ3v) is 2.84. The summed E-state index contributed by atoms with van der Waals surface area (Å²) in [5, 5.41) is 11.4. The Hall–Kier alpha value is -2.37. The third kappa shape index (κ3) is 5.25. The molecule has 0 aliphatic heterocycles. The second-order valence-corrected chi connectivity index (χ2v) is 5.59. The van der Waals surface area contributed by atoms with Gasteiger partial charge >= 0.3 is 5.97 Å². The minimum atomic E-state index is -1.09. The molecule has 0 spiro atoms. The highest BCUT2D eigenvalue weighted by Gasteiger charge is 2.28. The van der Waals surface area contributed by atoms with Gasteiger partial charge in [-0.15, -0.1) is 0 Å². The number of carbonyl (C=O) groups excluding carboxylic acids is 2. The van der Waals surface area contributed by atoms with Gasteiger partial charge in [0.15, 0.2) is 0 Å². The van der Waals surface area contributed by atoms with Gasteiger partial charge in [0, 0.05) is 11.1 Å². The van der Waals surface area contributed by atoms with Crippen molar-refractivity contribution in [3.8, 4) is 0 Å². The van der Waals surface area contributed by atoms with Crippen molar-refractivity contribution in [3.63, 3.8) is 0 Å². The molecule has 1 rings (SSSR count). The number of nitrogens with zero attached hydrogens (tertiary/aromatic N) is 1. The maximum absolute atomic E-state index is 12.1. The zero-order valence-corrected chi connectivity index (χ0v) is 12.4. The monoisotopic (exact) mass is 292 g/mol. The van der Waals surface area contributed by atoms with E-state index in [9.17, 15) is 14.4 Å². The fourth-order valence-electron chi connectivity index (χ4n) is 1.78. The lowest BCUT2D eigenvalue weighted by Crippen LogP contribution is -2.51. The topological polar surface area (TPSA) is 86.7 Å². The molecule has 2 amide bonds. The number of rotatable bonds is 5. The molecule has 0 aromatic heterocycles. The molecular formula is C15H20N2O4. The van der Waals surface area contributed by atoms with E-state index in [-0.39, 0.29) is 12.5 Å². The molecule has 0 radical (unpaired) electrons. The van der Waals surface area contributed by atoms with Crippen LogP contribution < -0.4 is 5.32 Å². The first-order valence-corrected chi connectivity index (χ1v) is 6.57. The molecule has 6 nitrogen and oxygen atoms in total. The minimum absolute atomic E-state index is 0.238. The van der Waals surface area contributed by atoms with Crippen molar-refractivity contribution in [1.82, 2.24) is 10.2 Å². The first kappa shape index (κ1) is 16.7. The predicted molar refractivity (Wildman–Crippen MR) is 77.9 cm³/mol. The summed E-state index contributed by atoms with van der Waals surface area (Å²) < 4.78 is 0. The SMILES string of the molecule is CC(C)(C)N(CC(=O)O)C(=O)CNC(=O)c1ccccc1. The van der Waals surface area contributed by atoms with Crippen LogP contribution in [0.25, 0.3) is 0 Å². The van der Waals surface area contributed by atoms with Gasteiger partial charge in [0.25, 0.3) is 5.91 Å². The molecule has 0 saturated heterocycles. The quantitative estimate of drug-likeness (QED) is 0.851. The van der Waals surface area contributed by atoms with Crippen molar-refractivity contribution < 1.29 is 19.5 Å². The normalized spacial score (nSPS) is 10.8. The van der Waals surface area contributed by atoms with Crippen LogP contribution >= 0.6 is 0 Å². The predicted octanol–water partition coefficient (Wildman–Crippen LogP) is 1.13. The van der Waals surface area contributed by atoms with Gasteiger partial charge in [0.05, 0.1) is 6.54 Å². The van der Waals surface area contributed by atoms with E-state index in [4.69, 9.17) is 5.11 Å². The van der Waals surface area contributed by atoms with Crippen LogP contribution in [0, 0.1) is 0 Å². The first-order valence-electron chi connectivity index (χ1n) is 6.57. The van der Waals surface area contributed by atoms with E-state index in [0.29, 0.717) is 5.56 Å². The number of benzene rings is 1. The number of carboxylic acid groups (broad SMARTS) is 1. The van der Waals surface area contributed by atoms with E-state index >= 15 is 0 Å². The summed E-state index contributed by atoms with van der Waals surface area (Å²) in [5.41, 5.74) is -0.182. The van der Waals surface area contributed by atoms with E-state index in [0.717, 1.165) is 0 Å². The molecule has 6 heteroatoms. The van der Waals surface area contributed by atoms with Crippen molar-refractivity contribution in [1.29, 1.82) is 0 Å². The lowest BCUT2D eigenvalue weighted by molar-refractivity contribution is -0.147. The second kappa shape index (κ2) is 6.88. The average molecular weight is 292 g/mol. The second-order valence-electron chi connectivity index (χ2n) is 5.59. The molecule has 0 aliphatic rings. The number of amides is 2. The Labute approximate surface area is 123 Å². The molecule has 0 aliphatic carbocycles. The molecule has 0 atom stereocenters. The van der Waals surface area contributed by atoms with Crippen molar-refractivity contribution in [2.24, 2.45) is 0 Å². The molecule has 0 fully saturated rings. The molecule has 0 heterocycles. The van der Waals surface area contributed by atoms with E-state index in [1.165, 1.54) is 4.90 Å². The van der Waals surface area contributed by atoms with Gasteiger partial charge in [-0.25, -0.2) is 0 Å².